The Labute approximate surface area is 164 Å². The van der Waals surface area contributed by atoms with E-state index in [1.807, 2.05) is 19.1 Å². The third kappa shape index (κ3) is 4.01. The van der Waals surface area contributed by atoms with Crippen LogP contribution >= 0.6 is 0 Å². The van der Waals surface area contributed by atoms with Gasteiger partial charge in [0.2, 0.25) is 5.91 Å². The Bertz CT molecular complexity index is 1050. The largest absolute Gasteiger partial charge is 0.482 e. The van der Waals surface area contributed by atoms with Gasteiger partial charge < -0.3 is 15.4 Å². The molecule has 2 aromatic rings. The number of sulfone groups is 1. The molecule has 0 bridgehead atoms. The summed E-state index contributed by atoms with van der Waals surface area (Å²) in [4.78, 5) is 23.9. The Balaban J connectivity index is 1.79. The maximum absolute atomic E-state index is 13.0. The van der Waals surface area contributed by atoms with Crippen LogP contribution in [0.25, 0.3) is 0 Å². The number of nitrogens with one attached hydrogen (secondary N) is 2. The van der Waals surface area contributed by atoms with E-state index in [1.54, 1.807) is 25.1 Å². The minimum absolute atomic E-state index is 0.0959. The van der Waals surface area contributed by atoms with Gasteiger partial charge in [0.05, 0.1) is 15.8 Å². The van der Waals surface area contributed by atoms with E-state index in [4.69, 9.17) is 4.74 Å². The van der Waals surface area contributed by atoms with Gasteiger partial charge in [0.1, 0.15) is 5.75 Å². The second-order valence-electron chi connectivity index (χ2n) is 6.87. The summed E-state index contributed by atoms with van der Waals surface area (Å²) in [7, 11) is -3.77. The summed E-state index contributed by atoms with van der Waals surface area (Å²) in [5, 5.41) is 4.48. The van der Waals surface area contributed by atoms with Crippen molar-refractivity contribution in [3.05, 3.63) is 47.5 Å². The van der Waals surface area contributed by atoms with Crippen molar-refractivity contribution in [1.29, 1.82) is 0 Å². The first-order valence-electron chi connectivity index (χ1n) is 8.85. The third-order valence-corrected chi connectivity index (χ3v) is 6.92. The van der Waals surface area contributed by atoms with Crippen molar-refractivity contribution < 1.29 is 22.7 Å². The highest BCUT2D eigenvalue weighted by molar-refractivity contribution is 7.92. The SMILES string of the molecule is Cc1ccccc1NC(=O)CC(C)S(=O)(=O)c1cc2c(cc1C)NC(=O)CO2. The predicted octanol–water partition coefficient (Wildman–Crippen LogP) is 2.83. The molecule has 0 aromatic heterocycles. The van der Waals surface area contributed by atoms with Gasteiger partial charge in [-0.3, -0.25) is 9.59 Å². The van der Waals surface area contributed by atoms with Crippen molar-refractivity contribution in [2.75, 3.05) is 17.2 Å². The lowest BCUT2D eigenvalue weighted by molar-refractivity contribution is -0.118. The molecule has 0 radical (unpaired) electrons. The number of carbonyl (C=O) groups is 2. The van der Waals surface area contributed by atoms with Crippen LogP contribution in [0.5, 0.6) is 5.75 Å². The smallest absolute Gasteiger partial charge is 0.262 e. The van der Waals surface area contributed by atoms with Crippen LogP contribution in [-0.2, 0) is 19.4 Å². The van der Waals surface area contributed by atoms with Gasteiger partial charge in [0.25, 0.3) is 5.91 Å². The number of fused-ring (bicyclic) bond motifs is 1. The van der Waals surface area contributed by atoms with Crippen molar-refractivity contribution >= 4 is 33.0 Å². The summed E-state index contributed by atoms with van der Waals surface area (Å²) in [6.07, 6.45) is -0.176. The quantitative estimate of drug-likeness (QED) is 0.801. The summed E-state index contributed by atoms with van der Waals surface area (Å²) in [6, 6.07) is 10.3. The van der Waals surface area contributed by atoms with E-state index >= 15 is 0 Å². The average molecular weight is 402 g/mol. The first-order chi connectivity index (χ1) is 13.2. The fourth-order valence-electron chi connectivity index (χ4n) is 3.02. The summed E-state index contributed by atoms with van der Waals surface area (Å²) in [6.45, 7) is 4.86. The topological polar surface area (TPSA) is 102 Å². The van der Waals surface area contributed by atoms with Gasteiger partial charge >= 0.3 is 0 Å². The summed E-state index contributed by atoms with van der Waals surface area (Å²) in [5.74, 6) is -0.353. The number of rotatable bonds is 5. The molecule has 1 atom stereocenters. The highest BCUT2D eigenvalue weighted by Crippen LogP contribution is 2.34. The Morgan fingerprint density at radius 3 is 2.64 bits per heavy atom. The van der Waals surface area contributed by atoms with Crippen LogP contribution in [-0.4, -0.2) is 32.1 Å². The van der Waals surface area contributed by atoms with Crippen LogP contribution in [0.3, 0.4) is 0 Å². The lowest BCUT2D eigenvalue weighted by atomic mass is 10.2. The first-order valence-corrected chi connectivity index (χ1v) is 10.4. The normalized spacial score (nSPS) is 14.5. The molecule has 0 saturated heterocycles. The molecule has 28 heavy (non-hydrogen) atoms. The molecule has 1 heterocycles. The van der Waals surface area contributed by atoms with E-state index in [1.165, 1.54) is 13.0 Å². The van der Waals surface area contributed by atoms with E-state index in [-0.39, 0.29) is 29.7 Å². The van der Waals surface area contributed by atoms with Crippen molar-refractivity contribution in [3.8, 4) is 5.75 Å². The van der Waals surface area contributed by atoms with Gasteiger partial charge in [-0.2, -0.15) is 0 Å². The number of hydrogen-bond acceptors (Lipinski definition) is 5. The van der Waals surface area contributed by atoms with Gasteiger partial charge in [0, 0.05) is 18.2 Å². The van der Waals surface area contributed by atoms with E-state index in [2.05, 4.69) is 10.6 Å². The number of amides is 2. The predicted molar refractivity (Wildman–Crippen MR) is 106 cm³/mol. The lowest BCUT2D eigenvalue weighted by Crippen LogP contribution is -2.27. The second-order valence-corrected chi connectivity index (χ2v) is 9.21. The lowest BCUT2D eigenvalue weighted by Gasteiger charge is -2.21. The average Bonchev–Trinajstić information content (AvgIpc) is 2.62. The van der Waals surface area contributed by atoms with Crippen molar-refractivity contribution in [1.82, 2.24) is 0 Å². The molecular formula is C20H22N2O5S. The highest BCUT2D eigenvalue weighted by atomic mass is 32.2. The molecule has 0 fully saturated rings. The molecule has 7 nitrogen and oxygen atoms in total. The fourth-order valence-corrected chi connectivity index (χ4v) is 4.61. The van der Waals surface area contributed by atoms with Gasteiger partial charge in [0.15, 0.2) is 16.4 Å². The summed E-state index contributed by atoms with van der Waals surface area (Å²) in [5.41, 5.74) is 2.48. The molecule has 0 aliphatic carbocycles. The minimum atomic E-state index is -3.77. The molecule has 0 spiro atoms. The van der Waals surface area contributed by atoms with Crippen LogP contribution in [0.15, 0.2) is 41.3 Å². The fraction of sp³-hybridized carbons (Fsp3) is 0.300. The zero-order valence-electron chi connectivity index (χ0n) is 15.9. The van der Waals surface area contributed by atoms with Crippen LogP contribution in [0.1, 0.15) is 24.5 Å². The maximum Gasteiger partial charge on any atom is 0.262 e. The third-order valence-electron chi connectivity index (χ3n) is 4.64. The molecule has 1 unspecified atom stereocenters. The minimum Gasteiger partial charge on any atom is -0.482 e. The van der Waals surface area contributed by atoms with Crippen LogP contribution < -0.4 is 15.4 Å². The zero-order valence-corrected chi connectivity index (χ0v) is 16.7. The van der Waals surface area contributed by atoms with Crippen LogP contribution in [0.4, 0.5) is 11.4 Å². The van der Waals surface area contributed by atoms with Gasteiger partial charge in [-0.05, 0) is 44.0 Å². The Hall–Kier alpha value is -2.87. The Morgan fingerprint density at radius 1 is 1.21 bits per heavy atom. The summed E-state index contributed by atoms with van der Waals surface area (Å²) >= 11 is 0. The number of benzene rings is 2. The van der Waals surface area contributed by atoms with E-state index < -0.39 is 15.1 Å². The number of anilines is 2. The maximum atomic E-state index is 13.0. The monoisotopic (exact) mass is 402 g/mol. The second kappa shape index (κ2) is 7.63. The van der Waals surface area contributed by atoms with Gasteiger partial charge in [-0.15, -0.1) is 0 Å². The molecule has 3 rings (SSSR count). The zero-order chi connectivity index (χ0) is 20.5. The van der Waals surface area contributed by atoms with E-state index in [9.17, 15) is 18.0 Å². The van der Waals surface area contributed by atoms with Crippen molar-refractivity contribution in [2.45, 2.75) is 37.3 Å². The molecule has 2 amide bonds. The molecular weight excluding hydrogens is 380 g/mol. The molecule has 1 aliphatic heterocycles. The van der Waals surface area contributed by atoms with Crippen LogP contribution in [0, 0.1) is 13.8 Å². The Kier molecular flexibility index (Phi) is 5.42. The molecule has 2 N–H and O–H groups in total. The number of para-hydroxylation sites is 1. The van der Waals surface area contributed by atoms with Gasteiger partial charge in [-0.25, -0.2) is 8.42 Å². The standard InChI is InChI=1S/C20H22N2O5S/c1-12-6-4-5-7-15(12)21-19(23)9-14(3)28(25,26)18-10-17-16(8-13(18)2)22-20(24)11-27-17/h4-8,10,14H,9,11H2,1-3H3,(H,21,23)(H,22,24). The molecule has 2 aromatic carbocycles. The van der Waals surface area contributed by atoms with Crippen LogP contribution in [0.2, 0.25) is 0 Å². The number of hydrogen-bond donors (Lipinski definition) is 2. The number of aryl methyl sites for hydroxylation is 2. The number of carbonyl (C=O) groups excluding carboxylic acids is 2. The number of ether oxygens (including phenoxy) is 1. The van der Waals surface area contributed by atoms with E-state index in [0.717, 1.165) is 5.56 Å². The first kappa shape index (κ1) is 19.9. The van der Waals surface area contributed by atoms with Crippen molar-refractivity contribution in [2.24, 2.45) is 0 Å². The van der Waals surface area contributed by atoms with Crippen molar-refractivity contribution in [3.63, 3.8) is 0 Å². The molecule has 8 heteroatoms. The van der Waals surface area contributed by atoms with E-state index in [0.29, 0.717) is 22.7 Å². The highest BCUT2D eigenvalue weighted by Gasteiger charge is 2.29. The molecule has 148 valence electrons. The summed E-state index contributed by atoms with van der Waals surface area (Å²) < 4.78 is 31.4. The molecule has 1 aliphatic rings. The van der Waals surface area contributed by atoms with Gasteiger partial charge in [-0.1, -0.05) is 18.2 Å². The molecule has 0 saturated carbocycles. The Morgan fingerprint density at radius 2 is 1.93 bits per heavy atom.